The van der Waals surface area contributed by atoms with Gasteiger partial charge in [0.1, 0.15) is 5.78 Å². The largest absolute Gasteiger partial charge is 0.379 e. The fraction of sp³-hybridized carbons (Fsp3) is 0.769. The van der Waals surface area contributed by atoms with E-state index in [0.29, 0.717) is 25.8 Å². The second-order valence-electron chi connectivity index (χ2n) is 9.74. The first-order valence-electron chi connectivity index (χ1n) is 13.2. The molecule has 1 aromatic heterocycles. The van der Waals surface area contributed by atoms with Crippen LogP contribution in [0.1, 0.15) is 76.2 Å². The fourth-order valence-electron chi connectivity index (χ4n) is 5.08. The van der Waals surface area contributed by atoms with Gasteiger partial charge in [-0.2, -0.15) is 4.31 Å². The number of sulfonamides is 1. The van der Waals surface area contributed by atoms with Gasteiger partial charge in [0, 0.05) is 50.9 Å². The molecule has 1 saturated carbocycles. The molecule has 0 unspecified atom stereocenters. The number of nitrogens with zero attached hydrogens (tertiary/aromatic N) is 3. The Morgan fingerprint density at radius 3 is 2.56 bits per heavy atom. The van der Waals surface area contributed by atoms with Crippen LogP contribution < -0.4 is 0 Å². The van der Waals surface area contributed by atoms with Crippen LogP contribution in [0.5, 0.6) is 0 Å². The summed E-state index contributed by atoms with van der Waals surface area (Å²) in [6.07, 6.45) is 13.8. The Hall–Kier alpha value is -1.35. The van der Waals surface area contributed by atoms with Gasteiger partial charge in [-0.3, -0.25) is 14.7 Å². The minimum absolute atomic E-state index is 0.177. The number of rotatable bonds is 16. The average Bonchev–Trinajstić information content (AvgIpc) is 3.37. The number of hydrogen-bond donors (Lipinski definition) is 0. The molecule has 0 aromatic carbocycles. The number of unbranched alkanes of at least 4 members (excludes halogenated alkanes) is 2. The lowest BCUT2D eigenvalue weighted by Crippen LogP contribution is -2.43. The zero-order valence-electron chi connectivity index (χ0n) is 20.7. The van der Waals surface area contributed by atoms with E-state index in [1.165, 1.54) is 0 Å². The second-order valence-corrected chi connectivity index (χ2v) is 11.8. The van der Waals surface area contributed by atoms with E-state index in [1.807, 2.05) is 22.6 Å². The Morgan fingerprint density at radius 1 is 1.06 bits per heavy atom. The SMILES string of the molecule is O=C(CCCCCS(=O)(=O)N(CCCN1CCOCC1)C1CCCC1)CCCc1cccnc1. The summed E-state index contributed by atoms with van der Waals surface area (Å²) in [5, 5.41) is 0. The Kier molecular flexibility index (Phi) is 11.9. The third-order valence-electron chi connectivity index (χ3n) is 7.05. The van der Waals surface area contributed by atoms with Crippen molar-refractivity contribution < 1.29 is 17.9 Å². The normalized spacial score (nSPS) is 18.0. The number of carbonyl (C=O) groups is 1. The molecule has 0 spiro atoms. The molecule has 1 aromatic rings. The molecule has 0 N–H and O–H groups in total. The lowest BCUT2D eigenvalue weighted by atomic mass is 10.0. The van der Waals surface area contributed by atoms with Crippen LogP contribution in [-0.2, 0) is 26.0 Å². The van der Waals surface area contributed by atoms with Gasteiger partial charge in [-0.05, 0) is 63.1 Å². The van der Waals surface area contributed by atoms with E-state index in [0.717, 1.165) is 96.2 Å². The molecule has 1 saturated heterocycles. The quantitative estimate of drug-likeness (QED) is 0.326. The van der Waals surface area contributed by atoms with Crippen molar-refractivity contribution in [3.63, 3.8) is 0 Å². The lowest BCUT2D eigenvalue weighted by Gasteiger charge is -2.30. The van der Waals surface area contributed by atoms with E-state index >= 15 is 0 Å². The molecule has 0 amide bonds. The molecule has 7 nitrogen and oxygen atoms in total. The number of carbonyl (C=O) groups excluding carboxylic acids is 1. The van der Waals surface area contributed by atoms with E-state index in [1.54, 1.807) is 6.20 Å². The number of ether oxygens (including phenoxy) is 1. The number of hydrogen-bond acceptors (Lipinski definition) is 6. The molecular formula is C26H43N3O4S. The molecular weight excluding hydrogens is 450 g/mol. The van der Waals surface area contributed by atoms with Gasteiger partial charge in [-0.1, -0.05) is 25.3 Å². The Balaban J connectivity index is 1.33. The Bertz CT molecular complexity index is 807. The highest BCUT2D eigenvalue weighted by Gasteiger charge is 2.31. The van der Waals surface area contributed by atoms with Gasteiger partial charge < -0.3 is 4.74 Å². The van der Waals surface area contributed by atoms with E-state index in [4.69, 9.17) is 4.74 Å². The molecule has 192 valence electrons. The van der Waals surface area contributed by atoms with Crippen LogP contribution in [0, 0.1) is 0 Å². The van der Waals surface area contributed by atoms with Crippen molar-refractivity contribution in [1.82, 2.24) is 14.2 Å². The second kappa shape index (κ2) is 14.9. The summed E-state index contributed by atoms with van der Waals surface area (Å²) in [6.45, 7) is 5.00. The van der Waals surface area contributed by atoms with Crippen LogP contribution in [0.3, 0.4) is 0 Å². The van der Waals surface area contributed by atoms with Crippen LogP contribution in [0.2, 0.25) is 0 Å². The lowest BCUT2D eigenvalue weighted by molar-refractivity contribution is -0.119. The van der Waals surface area contributed by atoms with Crippen molar-refractivity contribution in [1.29, 1.82) is 0 Å². The van der Waals surface area contributed by atoms with Gasteiger partial charge in [-0.15, -0.1) is 0 Å². The van der Waals surface area contributed by atoms with Crippen LogP contribution in [0.25, 0.3) is 0 Å². The summed E-state index contributed by atoms with van der Waals surface area (Å²) in [5.41, 5.74) is 1.16. The van der Waals surface area contributed by atoms with Crippen LogP contribution in [-0.4, -0.2) is 79.6 Å². The average molecular weight is 494 g/mol. The number of morpholine rings is 1. The first kappa shape index (κ1) is 27.2. The summed E-state index contributed by atoms with van der Waals surface area (Å²) in [5.74, 6) is 0.485. The predicted molar refractivity (Wildman–Crippen MR) is 135 cm³/mol. The zero-order chi connectivity index (χ0) is 24.1. The first-order valence-corrected chi connectivity index (χ1v) is 14.9. The van der Waals surface area contributed by atoms with Crippen molar-refractivity contribution in [2.75, 3.05) is 45.1 Å². The van der Waals surface area contributed by atoms with Crippen molar-refractivity contribution in [3.05, 3.63) is 30.1 Å². The highest BCUT2D eigenvalue weighted by atomic mass is 32.2. The zero-order valence-corrected chi connectivity index (χ0v) is 21.5. The highest BCUT2D eigenvalue weighted by Crippen LogP contribution is 2.26. The van der Waals surface area contributed by atoms with Gasteiger partial charge in [0.05, 0.1) is 19.0 Å². The summed E-state index contributed by atoms with van der Waals surface area (Å²) in [6, 6.07) is 4.13. The molecule has 1 aliphatic carbocycles. The Morgan fingerprint density at radius 2 is 1.82 bits per heavy atom. The van der Waals surface area contributed by atoms with Gasteiger partial charge in [-0.25, -0.2) is 8.42 Å². The van der Waals surface area contributed by atoms with E-state index in [9.17, 15) is 13.2 Å². The molecule has 0 bridgehead atoms. The maximum Gasteiger partial charge on any atom is 0.214 e. The number of aryl methyl sites for hydroxylation is 1. The third kappa shape index (κ3) is 9.72. The van der Waals surface area contributed by atoms with Crippen LogP contribution >= 0.6 is 0 Å². The monoisotopic (exact) mass is 493 g/mol. The summed E-state index contributed by atoms with van der Waals surface area (Å²) < 4.78 is 33.6. The van der Waals surface area contributed by atoms with E-state index < -0.39 is 10.0 Å². The predicted octanol–water partition coefficient (Wildman–Crippen LogP) is 3.83. The highest BCUT2D eigenvalue weighted by molar-refractivity contribution is 7.89. The molecule has 2 fully saturated rings. The van der Waals surface area contributed by atoms with Crippen LogP contribution in [0.4, 0.5) is 0 Å². The van der Waals surface area contributed by atoms with Crippen LogP contribution in [0.15, 0.2) is 24.5 Å². The number of aromatic nitrogens is 1. The minimum Gasteiger partial charge on any atom is -0.379 e. The molecule has 2 heterocycles. The third-order valence-corrected chi connectivity index (χ3v) is 9.05. The summed E-state index contributed by atoms with van der Waals surface area (Å²) in [7, 11) is -3.26. The van der Waals surface area contributed by atoms with E-state index in [2.05, 4.69) is 9.88 Å². The van der Waals surface area contributed by atoms with E-state index in [-0.39, 0.29) is 17.6 Å². The van der Waals surface area contributed by atoms with Gasteiger partial charge in [0.2, 0.25) is 10.0 Å². The van der Waals surface area contributed by atoms with Crippen molar-refractivity contribution in [3.8, 4) is 0 Å². The number of ketones is 1. The summed E-state index contributed by atoms with van der Waals surface area (Å²) >= 11 is 0. The summed E-state index contributed by atoms with van der Waals surface area (Å²) in [4.78, 5) is 18.6. The molecule has 0 radical (unpaired) electrons. The van der Waals surface area contributed by atoms with Crippen molar-refractivity contribution in [2.45, 2.75) is 83.1 Å². The number of Topliss-reactive ketones (excluding diaryl/α,β-unsaturated/α-hetero) is 1. The van der Waals surface area contributed by atoms with Crippen molar-refractivity contribution in [2.24, 2.45) is 0 Å². The number of pyridine rings is 1. The fourth-order valence-corrected chi connectivity index (χ4v) is 6.95. The smallest absolute Gasteiger partial charge is 0.214 e. The molecule has 8 heteroatoms. The van der Waals surface area contributed by atoms with Gasteiger partial charge in [0.15, 0.2) is 0 Å². The minimum atomic E-state index is -3.26. The molecule has 2 aliphatic rings. The topological polar surface area (TPSA) is 79.8 Å². The van der Waals surface area contributed by atoms with Gasteiger partial charge in [0.25, 0.3) is 0 Å². The maximum atomic E-state index is 13.2. The van der Waals surface area contributed by atoms with Gasteiger partial charge >= 0.3 is 0 Å². The Labute approximate surface area is 206 Å². The molecule has 34 heavy (non-hydrogen) atoms. The molecule has 3 rings (SSSR count). The maximum absolute atomic E-state index is 13.2. The first-order chi connectivity index (χ1) is 16.5. The molecule has 1 aliphatic heterocycles. The standard InChI is InChI=1S/C26H43N3O4S/c30-26(14-6-9-24-10-7-15-27-23-24)13-2-1-5-22-34(31,32)29(25-11-3-4-12-25)17-8-16-28-18-20-33-21-19-28/h7,10,15,23,25H,1-6,8-9,11-14,16-22H2. The molecule has 0 atom stereocenters. The van der Waals surface area contributed by atoms with Crippen molar-refractivity contribution >= 4 is 15.8 Å².